The largest absolute Gasteiger partial charge is 0.493 e. The molecule has 1 saturated heterocycles. The molecule has 0 aliphatic carbocycles. The number of rotatable bonds is 5. The summed E-state index contributed by atoms with van der Waals surface area (Å²) in [4.78, 5) is 12.4. The second kappa shape index (κ2) is 6.80. The van der Waals surface area contributed by atoms with E-state index in [0.29, 0.717) is 23.6 Å². The maximum atomic E-state index is 12.4. The van der Waals surface area contributed by atoms with Gasteiger partial charge < -0.3 is 20.1 Å². The van der Waals surface area contributed by atoms with Crippen LogP contribution in [0.25, 0.3) is 0 Å². The Labute approximate surface area is 126 Å². The summed E-state index contributed by atoms with van der Waals surface area (Å²) >= 11 is 0. The second-order valence-corrected chi connectivity index (χ2v) is 5.81. The first-order chi connectivity index (χ1) is 10.1. The molecule has 0 radical (unpaired) electrons. The van der Waals surface area contributed by atoms with Crippen LogP contribution >= 0.6 is 0 Å². The van der Waals surface area contributed by atoms with E-state index in [9.17, 15) is 4.79 Å². The Morgan fingerprint density at radius 1 is 1.38 bits per heavy atom. The van der Waals surface area contributed by atoms with Crippen molar-refractivity contribution in [3.63, 3.8) is 0 Å². The van der Waals surface area contributed by atoms with Crippen LogP contribution in [0.2, 0.25) is 0 Å². The molecule has 1 unspecified atom stereocenters. The molecule has 0 saturated carbocycles. The van der Waals surface area contributed by atoms with Crippen LogP contribution in [0, 0.1) is 5.41 Å². The van der Waals surface area contributed by atoms with E-state index in [-0.39, 0.29) is 11.3 Å². The monoisotopic (exact) mass is 292 g/mol. The molecule has 0 bridgehead atoms. The van der Waals surface area contributed by atoms with Crippen LogP contribution in [-0.4, -0.2) is 39.8 Å². The van der Waals surface area contributed by atoms with Crippen molar-refractivity contribution in [3.05, 3.63) is 23.8 Å². The summed E-state index contributed by atoms with van der Waals surface area (Å²) in [6.45, 7) is 4.84. The molecule has 1 aliphatic rings. The summed E-state index contributed by atoms with van der Waals surface area (Å²) in [5.41, 5.74) is 0.615. The van der Waals surface area contributed by atoms with Crippen molar-refractivity contribution in [3.8, 4) is 11.5 Å². The Balaban J connectivity index is 2.06. The van der Waals surface area contributed by atoms with Gasteiger partial charge in [-0.2, -0.15) is 0 Å². The van der Waals surface area contributed by atoms with E-state index in [4.69, 9.17) is 9.47 Å². The standard InChI is InChI=1S/C16H24N2O3/c1-16(8-5-9-17-10-16)11-18-15(19)12-6-4-7-13(20-2)14(12)21-3/h4,6-7,17H,5,8-11H2,1-3H3,(H,18,19). The van der Waals surface area contributed by atoms with Crippen molar-refractivity contribution in [1.29, 1.82) is 0 Å². The number of hydrogen-bond donors (Lipinski definition) is 2. The average molecular weight is 292 g/mol. The summed E-state index contributed by atoms with van der Waals surface area (Å²) in [5.74, 6) is 0.915. The highest BCUT2D eigenvalue weighted by molar-refractivity contribution is 5.97. The number of piperidine rings is 1. The molecule has 0 aromatic heterocycles. The van der Waals surface area contributed by atoms with E-state index in [1.165, 1.54) is 0 Å². The van der Waals surface area contributed by atoms with Crippen molar-refractivity contribution in [2.45, 2.75) is 19.8 Å². The van der Waals surface area contributed by atoms with Gasteiger partial charge >= 0.3 is 0 Å². The lowest BCUT2D eigenvalue weighted by molar-refractivity contribution is 0.0921. The predicted octanol–water partition coefficient (Wildman–Crippen LogP) is 1.82. The van der Waals surface area contributed by atoms with Gasteiger partial charge in [0.15, 0.2) is 11.5 Å². The fourth-order valence-electron chi connectivity index (χ4n) is 2.72. The van der Waals surface area contributed by atoms with Crippen molar-refractivity contribution < 1.29 is 14.3 Å². The van der Waals surface area contributed by atoms with E-state index in [1.54, 1.807) is 32.4 Å². The number of carbonyl (C=O) groups is 1. The maximum absolute atomic E-state index is 12.4. The topological polar surface area (TPSA) is 59.6 Å². The van der Waals surface area contributed by atoms with Gasteiger partial charge in [-0.3, -0.25) is 4.79 Å². The van der Waals surface area contributed by atoms with Gasteiger partial charge in [-0.05, 0) is 36.9 Å². The molecule has 1 aromatic rings. The molecule has 5 nitrogen and oxygen atoms in total. The highest BCUT2D eigenvalue weighted by Crippen LogP contribution is 2.31. The van der Waals surface area contributed by atoms with Gasteiger partial charge in [-0.1, -0.05) is 13.0 Å². The zero-order chi connectivity index (χ0) is 15.3. The molecular formula is C16H24N2O3. The first kappa shape index (κ1) is 15.6. The normalized spacial score (nSPS) is 21.7. The molecule has 2 rings (SSSR count). The minimum absolute atomic E-state index is 0.111. The van der Waals surface area contributed by atoms with Crippen LogP contribution in [0.4, 0.5) is 0 Å². The second-order valence-electron chi connectivity index (χ2n) is 5.81. The molecule has 2 N–H and O–H groups in total. The van der Waals surface area contributed by atoms with Gasteiger partial charge in [-0.25, -0.2) is 0 Å². The SMILES string of the molecule is COc1cccc(C(=O)NCC2(C)CCCNC2)c1OC. The van der Waals surface area contributed by atoms with Gasteiger partial charge in [0.05, 0.1) is 19.8 Å². The van der Waals surface area contributed by atoms with Crippen LogP contribution in [-0.2, 0) is 0 Å². The average Bonchev–Trinajstić information content (AvgIpc) is 2.52. The third-order valence-electron chi connectivity index (χ3n) is 4.01. The number of ether oxygens (including phenoxy) is 2. The van der Waals surface area contributed by atoms with Crippen molar-refractivity contribution in [2.75, 3.05) is 33.9 Å². The van der Waals surface area contributed by atoms with E-state index < -0.39 is 0 Å². The smallest absolute Gasteiger partial charge is 0.255 e. The molecule has 116 valence electrons. The van der Waals surface area contributed by atoms with Gasteiger partial charge in [0.1, 0.15) is 0 Å². The number of benzene rings is 1. The van der Waals surface area contributed by atoms with Crippen molar-refractivity contribution in [1.82, 2.24) is 10.6 Å². The quantitative estimate of drug-likeness (QED) is 0.869. The predicted molar refractivity (Wildman–Crippen MR) is 82.1 cm³/mol. The summed E-state index contributed by atoms with van der Waals surface area (Å²) in [5, 5.41) is 6.40. The molecule has 1 atom stereocenters. The third kappa shape index (κ3) is 3.67. The van der Waals surface area contributed by atoms with Crippen LogP contribution in [0.1, 0.15) is 30.1 Å². The minimum atomic E-state index is -0.127. The molecule has 1 heterocycles. The van der Waals surface area contributed by atoms with Gasteiger partial charge in [0.2, 0.25) is 0 Å². The lowest BCUT2D eigenvalue weighted by Gasteiger charge is -2.34. The van der Waals surface area contributed by atoms with Gasteiger partial charge in [-0.15, -0.1) is 0 Å². The minimum Gasteiger partial charge on any atom is -0.493 e. The van der Waals surface area contributed by atoms with Crippen LogP contribution in [0.3, 0.4) is 0 Å². The molecule has 5 heteroatoms. The van der Waals surface area contributed by atoms with Crippen LogP contribution in [0.5, 0.6) is 11.5 Å². The Hall–Kier alpha value is -1.75. The first-order valence-electron chi connectivity index (χ1n) is 7.29. The summed E-state index contributed by atoms with van der Waals surface area (Å²) in [6.07, 6.45) is 2.27. The first-order valence-corrected chi connectivity index (χ1v) is 7.29. The van der Waals surface area contributed by atoms with Gasteiger partial charge in [0, 0.05) is 13.1 Å². The Kier molecular flexibility index (Phi) is 5.07. The van der Waals surface area contributed by atoms with Crippen molar-refractivity contribution >= 4 is 5.91 Å². The molecular weight excluding hydrogens is 268 g/mol. The number of nitrogens with one attached hydrogen (secondary N) is 2. The Bertz CT molecular complexity index is 496. The summed E-state index contributed by atoms with van der Waals surface area (Å²) < 4.78 is 10.5. The molecule has 1 amide bonds. The lowest BCUT2D eigenvalue weighted by atomic mass is 9.83. The lowest BCUT2D eigenvalue weighted by Crippen LogP contribution is -2.45. The van der Waals surface area contributed by atoms with E-state index >= 15 is 0 Å². The highest BCUT2D eigenvalue weighted by Gasteiger charge is 2.27. The van der Waals surface area contributed by atoms with E-state index in [0.717, 1.165) is 25.9 Å². The summed E-state index contributed by atoms with van der Waals surface area (Å²) in [6, 6.07) is 5.32. The molecule has 1 aliphatic heterocycles. The highest BCUT2D eigenvalue weighted by atomic mass is 16.5. The zero-order valence-corrected chi connectivity index (χ0v) is 13.0. The molecule has 1 aromatic carbocycles. The van der Waals surface area contributed by atoms with Crippen LogP contribution < -0.4 is 20.1 Å². The number of carbonyl (C=O) groups excluding carboxylic acids is 1. The number of amides is 1. The summed E-state index contributed by atoms with van der Waals surface area (Å²) in [7, 11) is 3.11. The third-order valence-corrected chi connectivity index (χ3v) is 4.01. The molecule has 21 heavy (non-hydrogen) atoms. The van der Waals surface area contributed by atoms with Gasteiger partial charge in [0.25, 0.3) is 5.91 Å². The molecule has 1 fully saturated rings. The number of hydrogen-bond acceptors (Lipinski definition) is 4. The molecule has 0 spiro atoms. The Morgan fingerprint density at radius 2 is 2.19 bits per heavy atom. The zero-order valence-electron chi connectivity index (χ0n) is 13.0. The number of para-hydroxylation sites is 1. The van der Waals surface area contributed by atoms with E-state index in [2.05, 4.69) is 17.6 Å². The fourth-order valence-corrected chi connectivity index (χ4v) is 2.72. The van der Waals surface area contributed by atoms with E-state index in [1.807, 2.05) is 0 Å². The Morgan fingerprint density at radius 3 is 2.81 bits per heavy atom. The van der Waals surface area contributed by atoms with Crippen molar-refractivity contribution in [2.24, 2.45) is 5.41 Å². The number of methoxy groups -OCH3 is 2. The van der Waals surface area contributed by atoms with Crippen LogP contribution in [0.15, 0.2) is 18.2 Å². The fraction of sp³-hybridized carbons (Fsp3) is 0.562. The maximum Gasteiger partial charge on any atom is 0.255 e.